The normalized spacial score (nSPS) is 12.9. The molecule has 0 N–H and O–H groups in total. The number of carbonyl (C=O) groups excluding carboxylic acids is 3. The number of halogens is 1. The average molecular weight is 271 g/mol. The summed E-state index contributed by atoms with van der Waals surface area (Å²) < 4.78 is 0. The SMILES string of the molecule is O=C(Cl)c1cccc2c1C(=O)c1ccccc1C2=O. The first-order chi connectivity index (χ1) is 9.11. The van der Waals surface area contributed by atoms with Crippen LogP contribution in [0.3, 0.4) is 0 Å². The Morgan fingerprint density at radius 3 is 2.00 bits per heavy atom. The van der Waals surface area contributed by atoms with E-state index in [0.717, 1.165) is 0 Å². The van der Waals surface area contributed by atoms with E-state index in [1.165, 1.54) is 12.1 Å². The minimum Gasteiger partial charge on any atom is -0.289 e. The lowest BCUT2D eigenvalue weighted by Crippen LogP contribution is -2.23. The van der Waals surface area contributed by atoms with Crippen LogP contribution in [0.15, 0.2) is 42.5 Å². The summed E-state index contributed by atoms with van der Waals surface area (Å²) in [6, 6.07) is 11.1. The molecule has 3 nitrogen and oxygen atoms in total. The van der Waals surface area contributed by atoms with Gasteiger partial charge in [-0.2, -0.15) is 0 Å². The van der Waals surface area contributed by atoms with Crippen LogP contribution >= 0.6 is 11.6 Å². The van der Waals surface area contributed by atoms with Crippen molar-refractivity contribution in [1.29, 1.82) is 0 Å². The van der Waals surface area contributed by atoms with Crippen molar-refractivity contribution in [2.45, 2.75) is 0 Å². The molecule has 4 heteroatoms. The Hall–Kier alpha value is -2.26. The molecule has 0 fully saturated rings. The van der Waals surface area contributed by atoms with Gasteiger partial charge in [0.05, 0.1) is 0 Å². The van der Waals surface area contributed by atoms with Crippen LogP contribution in [-0.4, -0.2) is 16.8 Å². The Morgan fingerprint density at radius 2 is 1.37 bits per heavy atom. The summed E-state index contributed by atoms with van der Waals surface area (Å²) in [6.07, 6.45) is 0. The minimum absolute atomic E-state index is 0.0759. The Morgan fingerprint density at radius 1 is 0.789 bits per heavy atom. The maximum Gasteiger partial charge on any atom is 0.253 e. The van der Waals surface area contributed by atoms with Gasteiger partial charge in [-0.15, -0.1) is 0 Å². The Balaban J connectivity index is 2.36. The van der Waals surface area contributed by atoms with E-state index in [9.17, 15) is 14.4 Å². The van der Waals surface area contributed by atoms with Crippen LogP contribution in [0, 0.1) is 0 Å². The maximum atomic E-state index is 12.4. The van der Waals surface area contributed by atoms with Crippen molar-refractivity contribution in [2.75, 3.05) is 0 Å². The molecule has 92 valence electrons. The topological polar surface area (TPSA) is 51.2 Å². The van der Waals surface area contributed by atoms with Gasteiger partial charge in [-0.1, -0.05) is 36.4 Å². The lowest BCUT2D eigenvalue weighted by Gasteiger charge is -2.18. The second kappa shape index (κ2) is 4.14. The van der Waals surface area contributed by atoms with Crippen LogP contribution in [0.2, 0.25) is 0 Å². The number of hydrogen-bond acceptors (Lipinski definition) is 3. The Kier molecular flexibility index (Phi) is 2.57. The van der Waals surface area contributed by atoms with Crippen LogP contribution in [0.4, 0.5) is 0 Å². The van der Waals surface area contributed by atoms with Crippen molar-refractivity contribution in [1.82, 2.24) is 0 Å². The van der Waals surface area contributed by atoms with Gasteiger partial charge in [-0.25, -0.2) is 0 Å². The Bertz CT molecular complexity index is 747. The third-order valence-corrected chi connectivity index (χ3v) is 3.37. The maximum absolute atomic E-state index is 12.4. The van der Waals surface area contributed by atoms with E-state index < -0.39 is 5.24 Å². The quantitative estimate of drug-likeness (QED) is 0.639. The summed E-state index contributed by atoms with van der Waals surface area (Å²) >= 11 is 5.48. The first-order valence-electron chi connectivity index (χ1n) is 5.62. The fourth-order valence-corrected chi connectivity index (χ4v) is 2.47. The standard InChI is InChI=1S/C15H7ClO3/c16-15(19)11-7-3-6-10-12(11)14(18)9-5-2-1-4-8(9)13(10)17/h1-7H. The van der Waals surface area contributed by atoms with Crippen molar-refractivity contribution in [2.24, 2.45) is 0 Å². The molecule has 0 aromatic heterocycles. The molecule has 3 rings (SSSR count). The third-order valence-electron chi connectivity index (χ3n) is 3.16. The summed E-state index contributed by atoms with van der Waals surface area (Å²) in [4.78, 5) is 36.1. The van der Waals surface area contributed by atoms with Crippen LogP contribution in [-0.2, 0) is 0 Å². The zero-order chi connectivity index (χ0) is 13.6. The predicted molar refractivity (Wildman–Crippen MR) is 69.9 cm³/mol. The van der Waals surface area contributed by atoms with Crippen LogP contribution in [0.1, 0.15) is 42.2 Å². The first-order valence-corrected chi connectivity index (χ1v) is 6.00. The lowest BCUT2D eigenvalue weighted by molar-refractivity contribution is 0.0974. The van der Waals surface area contributed by atoms with Crippen molar-refractivity contribution >= 4 is 28.4 Å². The van der Waals surface area contributed by atoms with Crippen molar-refractivity contribution in [3.8, 4) is 0 Å². The van der Waals surface area contributed by atoms with Gasteiger partial charge < -0.3 is 0 Å². The van der Waals surface area contributed by atoms with E-state index in [1.54, 1.807) is 30.3 Å². The van der Waals surface area contributed by atoms with Gasteiger partial charge in [0.15, 0.2) is 11.6 Å². The molecule has 0 bridgehead atoms. The van der Waals surface area contributed by atoms with Gasteiger partial charge in [-0.05, 0) is 17.7 Å². The molecule has 2 aromatic carbocycles. The number of rotatable bonds is 1. The van der Waals surface area contributed by atoms with E-state index in [1.807, 2.05) is 0 Å². The smallest absolute Gasteiger partial charge is 0.253 e. The fourth-order valence-electron chi connectivity index (χ4n) is 2.31. The molecule has 0 heterocycles. The summed E-state index contributed by atoms with van der Waals surface area (Å²) in [5.41, 5.74) is 1.08. The van der Waals surface area contributed by atoms with E-state index in [2.05, 4.69) is 0 Å². The number of ketones is 2. The summed E-state index contributed by atoms with van der Waals surface area (Å²) in [6.45, 7) is 0. The van der Waals surface area contributed by atoms with Gasteiger partial charge in [-0.3, -0.25) is 14.4 Å². The zero-order valence-corrected chi connectivity index (χ0v) is 10.4. The summed E-state index contributed by atoms with van der Waals surface area (Å²) in [7, 11) is 0. The second-order valence-electron chi connectivity index (χ2n) is 4.21. The molecule has 1 aliphatic carbocycles. The van der Waals surface area contributed by atoms with Crippen molar-refractivity contribution in [3.63, 3.8) is 0 Å². The molecule has 0 aliphatic heterocycles. The number of carbonyl (C=O) groups is 3. The molecule has 0 amide bonds. The molecular weight excluding hydrogens is 264 g/mol. The number of fused-ring (bicyclic) bond motifs is 2. The number of hydrogen-bond donors (Lipinski definition) is 0. The fraction of sp³-hybridized carbons (Fsp3) is 0. The monoisotopic (exact) mass is 270 g/mol. The van der Waals surface area contributed by atoms with Gasteiger partial charge >= 0.3 is 0 Å². The van der Waals surface area contributed by atoms with Gasteiger partial charge in [0.1, 0.15) is 0 Å². The molecular formula is C15H7ClO3. The van der Waals surface area contributed by atoms with Gasteiger partial charge in [0.25, 0.3) is 5.24 Å². The molecule has 1 aliphatic rings. The summed E-state index contributed by atoms with van der Waals surface area (Å²) in [5, 5.41) is -0.739. The molecule has 0 unspecified atom stereocenters. The molecule has 19 heavy (non-hydrogen) atoms. The van der Waals surface area contributed by atoms with Crippen molar-refractivity contribution in [3.05, 3.63) is 70.3 Å². The third kappa shape index (κ3) is 1.63. The molecule has 2 aromatic rings. The first kappa shape index (κ1) is 11.8. The highest BCUT2D eigenvalue weighted by Gasteiger charge is 2.32. The molecule has 0 saturated carbocycles. The Labute approximate surface area is 113 Å². The van der Waals surface area contributed by atoms with E-state index in [4.69, 9.17) is 11.6 Å². The van der Waals surface area contributed by atoms with Gasteiger partial charge in [0.2, 0.25) is 0 Å². The molecule has 0 atom stereocenters. The molecule has 0 spiro atoms. The minimum atomic E-state index is -0.739. The molecule has 0 radical (unpaired) electrons. The van der Waals surface area contributed by atoms with E-state index in [-0.39, 0.29) is 28.3 Å². The average Bonchev–Trinajstić information content (AvgIpc) is 2.44. The highest BCUT2D eigenvalue weighted by Crippen LogP contribution is 2.29. The zero-order valence-electron chi connectivity index (χ0n) is 9.64. The highest BCUT2D eigenvalue weighted by atomic mass is 35.5. The lowest BCUT2D eigenvalue weighted by atomic mass is 9.82. The highest BCUT2D eigenvalue weighted by molar-refractivity contribution is 6.68. The molecule has 0 saturated heterocycles. The summed E-state index contributed by atoms with van der Waals surface area (Å²) in [5.74, 6) is -0.597. The van der Waals surface area contributed by atoms with Crippen molar-refractivity contribution < 1.29 is 14.4 Å². The number of benzene rings is 2. The second-order valence-corrected chi connectivity index (χ2v) is 4.55. The van der Waals surface area contributed by atoms with Crippen LogP contribution < -0.4 is 0 Å². The van der Waals surface area contributed by atoms with Crippen LogP contribution in [0.5, 0.6) is 0 Å². The largest absolute Gasteiger partial charge is 0.289 e. The van der Waals surface area contributed by atoms with Crippen LogP contribution in [0.25, 0.3) is 0 Å². The van der Waals surface area contributed by atoms with Gasteiger partial charge in [0, 0.05) is 27.8 Å². The van der Waals surface area contributed by atoms with E-state index in [0.29, 0.717) is 11.1 Å². The predicted octanol–water partition coefficient (Wildman–Crippen LogP) is 2.84. The van der Waals surface area contributed by atoms with E-state index >= 15 is 0 Å².